The first kappa shape index (κ1) is 43.2. The van der Waals surface area contributed by atoms with Crippen molar-refractivity contribution in [2.75, 3.05) is 6.61 Å². The first-order valence-electron chi connectivity index (χ1n) is 17.3. The number of rotatable bonds is 32. The summed E-state index contributed by atoms with van der Waals surface area (Å²) in [4.78, 5) is 11.9. The predicted molar refractivity (Wildman–Crippen MR) is 178 cm³/mol. The van der Waals surface area contributed by atoms with Gasteiger partial charge >= 0.3 is 45.9 Å². The molecule has 0 aliphatic heterocycles. The molecule has 0 unspecified atom stereocenters. The number of carbonyl (C=O) groups is 1. The van der Waals surface area contributed by atoms with Crippen LogP contribution < -0.4 is 0 Å². The Balaban J connectivity index is 0. The van der Waals surface area contributed by atoms with E-state index in [1.54, 1.807) is 0 Å². The maximum absolute atomic E-state index is 11.9. The minimum absolute atomic E-state index is 0. The fraction of sp³-hybridized carbons (Fsp3) is 0.912. The van der Waals surface area contributed by atoms with Crippen LogP contribution in [0.5, 0.6) is 0 Å². The van der Waals surface area contributed by atoms with Crippen molar-refractivity contribution in [1.29, 1.82) is 0 Å². The van der Waals surface area contributed by atoms with Gasteiger partial charge in [-0.05, 0) is 38.5 Å². The molecule has 0 amide bonds. The molecular formula is C34H67NaO5S. The van der Waals surface area contributed by atoms with Gasteiger partial charge in [-0.1, -0.05) is 161 Å². The molecular weight excluding hydrogens is 543 g/mol. The van der Waals surface area contributed by atoms with Crippen LogP contribution in [0.3, 0.4) is 0 Å². The van der Waals surface area contributed by atoms with Crippen LogP contribution in [-0.4, -0.2) is 50.6 Å². The molecule has 0 saturated heterocycles. The van der Waals surface area contributed by atoms with Crippen molar-refractivity contribution >= 4 is 45.9 Å². The summed E-state index contributed by atoms with van der Waals surface area (Å²) in [5.41, 5.74) is 0. The van der Waals surface area contributed by atoms with E-state index in [0.29, 0.717) is 12.8 Å². The molecule has 240 valence electrons. The predicted octanol–water partition coefficient (Wildman–Crippen LogP) is 10.7. The Morgan fingerprint density at radius 3 is 1.27 bits per heavy atom. The van der Waals surface area contributed by atoms with Crippen LogP contribution in [0.25, 0.3) is 0 Å². The molecule has 0 fully saturated rings. The number of allylic oxidation sites excluding steroid dienone is 2. The normalized spacial score (nSPS) is 11.7. The Hall–Kier alpha value is 0.120. The number of hydrogen-bond donors (Lipinski definition) is 0. The molecule has 0 heterocycles. The van der Waals surface area contributed by atoms with Crippen LogP contribution in [0, 0.1) is 0 Å². The molecule has 0 bridgehead atoms. The molecule has 0 aromatic rings. The van der Waals surface area contributed by atoms with Crippen molar-refractivity contribution in [3.63, 3.8) is 0 Å². The van der Waals surface area contributed by atoms with E-state index in [1.807, 2.05) is 0 Å². The van der Waals surface area contributed by atoms with E-state index in [2.05, 4.69) is 30.2 Å². The van der Waals surface area contributed by atoms with Crippen molar-refractivity contribution in [1.82, 2.24) is 0 Å². The van der Waals surface area contributed by atoms with Crippen molar-refractivity contribution in [3.05, 3.63) is 12.2 Å². The van der Waals surface area contributed by atoms with E-state index >= 15 is 0 Å². The fourth-order valence-electron chi connectivity index (χ4n) is 4.98. The van der Waals surface area contributed by atoms with Crippen LogP contribution in [-0.2, 0) is 23.6 Å². The summed E-state index contributed by atoms with van der Waals surface area (Å²) in [5, 5.41) is 0. The Labute approximate surface area is 278 Å². The van der Waals surface area contributed by atoms with E-state index < -0.39 is 16.4 Å². The van der Waals surface area contributed by atoms with Gasteiger partial charge in [-0.2, -0.15) is 8.42 Å². The summed E-state index contributed by atoms with van der Waals surface area (Å²) in [6.07, 6.45) is 37.4. The van der Waals surface area contributed by atoms with E-state index in [9.17, 15) is 13.2 Å². The molecule has 0 atom stereocenters. The van der Waals surface area contributed by atoms with Crippen LogP contribution in [0.15, 0.2) is 12.2 Å². The molecule has 0 aromatic carbocycles. The summed E-state index contributed by atoms with van der Waals surface area (Å²) < 4.78 is 33.2. The zero-order valence-electron chi connectivity index (χ0n) is 26.6. The van der Waals surface area contributed by atoms with Gasteiger partial charge in [0.25, 0.3) is 0 Å². The molecule has 0 aromatic heterocycles. The first-order chi connectivity index (χ1) is 19.5. The molecule has 7 heteroatoms. The zero-order chi connectivity index (χ0) is 29.4. The van der Waals surface area contributed by atoms with Crippen molar-refractivity contribution < 1.29 is 21.6 Å². The van der Waals surface area contributed by atoms with E-state index in [-0.39, 0.29) is 42.6 Å². The Morgan fingerprint density at radius 2 is 0.854 bits per heavy atom. The van der Waals surface area contributed by atoms with Crippen LogP contribution in [0.4, 0.5) is 0 Å². The summed E-state index contributed by atoms with van der Waals surface area (Å²) in [6, 6.07) is 0. The first-order valence-corrected chi connectivity index (χ1v) is 18.6. The van der Waals surface area contributed by atoms with Gasteiger partial charge in [0, 0.05) is 6.42 Å². The quantitative estimate of drug-likeness (QED) is 0.0430. The van der Waals surface area contributed by atoms with Crippen molar-refractivity contribution in [3.8, 4) is 0 Å². The molecule has 0 aliphatic rings. The number of unbranched alkanes of at least 4 members (excludes halogenated alkanes) is 24. The molecule has 5 nitrogen and oxygen atoms in total. The van der Waals surface area contributed by atoms with E-state index in [1.165, 1.54) is 122 Å². The SMILES string of the molecule is CCCCCCCC/C=C\CCCCCCCC(=O)OS(=O)(=O)OCCCCCCCCCCCCCCCC.[NaH]. The zero-order valence-corrected chi connectivity index (χ0v) is 27.4. The fourth-order valence-corrected chi connectivity index (χ4v) is 5.66. The van der Waals surface area contributed by atoms with Gasteiger partial charge in [-0.3, -0.25) is 4.79 Å². The molecule has 0 radical (unpaired) electrons. The maximum atomic E-state index is 11.9. The number of hydrogen-bond acceptors (Lipinski definition) is 5. The number of carbonyl (C=O) groups excluding carboxylic acids is 1. The summed E-state index contributed by atoms with van der Waals surface area (Å²) >= 11 is 0. The Bertz CT molecular complexity index is 666. The van der Waals surface area contributed by atoms with Gasteiger partial charge in [-0.25, -0.2) is 4.18 Å². The summed E-state index contributed by atoms with van der Waals surface area (Å²) in [6.45, 7) is 4.59. The van der Waals surface area contributed by atoms with Gasteiger partial charge in [0.2, 0.25) is 0 Å². The molecule has 41 heavy (non-hydrogen) atoms. The Morgan fingerprint density at radius 1 is 0.512 bits per heavy atom. The van der Waals surface area contributed by atoms with Gasteiger partial charge in [0.15, 0.2) is 0 Å². The average molecular weight is 611 g/mol. The second kappa shape index (κ2) is 34.6. The molecule has 0 aliphatic carbocycles. The third-order valence-electron chi connectivity index (χ3n) is 7.56. The Kier molecular flexibility index (Phi) is 36.5. The molecule has 0 spiro atoms. The van der Waals surface area contributed by atoms with Gasteiger partial charge in [0.1, 0.15) is 0 Å². The van der Waals surface area contributed by atoms with Crippen molar-refractivity contribution in [2.24, 2.45) is 0 Å². The van der Waals surface area contributed by atoms with Gasteiger partial charge in [-0.15, -0.1) is 0 Å². The average Bonchev–Trinajstić information content (AvgIpc) is 2.92. The topological polar surface area (TPSA) is 69.7 Å². The van der Waals surface area contributed by atoms with E-state index in [0.717, 1.165) is 38.5 Å². The standard InChI is InChI=1S/C34H66O5S.Na.H/c1-3-5-7-9-11-13-15-17-19-20-22-24-26-28-30-32-34(35)39-40(36,37)38-33-31-29-27-25-23-21-18-16-14-12-10-8-6-4-2;;/h17,19H,3-16,18,20-33H2,1-2H3;;/b19-17-;;. The molecule has 0 saturated carbocycles. The van der Waals surface area contributed by atoms with Gasteiger partial charge in [0.05, 0.1) is 6.61 Å². The van der Waals surface area contributed by atoms with Gasteiger partial charge < -0.3 is 4.18 Å². The second-order valence-electron chi connectivity index (χ2n) is 11.6. The monoisotopic (exact) mass is 610 g/mol. The van der Waals surface area contributed by atoms with E-state index in [4.69, 9.17) is 4.18 Å². The van der Waals surface area contributed by atoms with Crippen LogP contribution >= 0.6 is 0 Å². The van der Waals surface area contributed by atoms with Crippen LogP contribution in [0.2, 0.25) is 0 Å². The van der Waals surface area contributed by atoms with Crippen LogP contribution in [0.1, 0.15) is 194 Å². The van der Waals surface area contributed by atoms with Crippen molar-refractivity contribution in [2.45, 2.75) is 194 Å². The summed E-state index contributed by atoms with van der Waals surface area (Å²) in [7, 11) is -4.23. The third kappa shape index (κ3) is 36.2. The summed E-state index contributed by atoms with van der Waals surface area (Å²) in [5.74, 6) is -0.710. The minimum atomic E-state index is -4.23. The second-order valence-corrected chi connectivity index (χ2v) is 12.8. The third-order valence-corrected chi connectivity index (χ3v) is 8.41. The molecule has 0 rings (SSSR count). The molecule has 0 N–H and O–H groups in total.